The Hall–Kier alpha value is -1.68. The third-order valence-electron chi connectivity index (χ3n) is 4.07. The average Bonchev–Trinajstić information content (AvgIpc) is 2.87. The normalized spacial score (nSPS) is 22.9. The largest absolute Gasteiger partial charge is 0.339 e. The fourth-order valence-electron chi connectivity index (χ4n) is 2.96. The predicted molar refractivity (Wildman–Crippen MR) is 77.5 cm³/mol. The smallest absolute Gasteiger partial charge is 0.231 e. The molecule has 0 radical (unpaired) electrons. The fourth-order valence-corrected chi connectivity index (χ4v) is 2.96. The molecule has 2 aromatic rings. The van der Waals surface area contributed by atoms with E-state index in [1.165, 1.54) is 24.0 Å². The third kappa shape index (κ3) is 2.90. The molecule has 1 aromatic carbocycles. The lowest BCUT2D eigenvalue weighted by Gasteiger charge is -2.25. The van der Waals surface area contributed by atoms with E-state index in [0.717, 1.165) is 24.6 Å². The Kier molecular flexibility index (Phi) is 3.83. The van der Waals surface area contributed by atoms with Gasteiger partial charge in [0.2, 0.25) is 5.89 Å². The van der Waals surface area contributed by atoms with Crippen LogP contribution in [0, 0.1) is 6.92 Å². The molecule has 0 saturated heterocycles. The van der Waals surface area contributed by atoms with Crippen molar-refractivity contribution in [3.05, 3.63) is 47.1 Å². The molecule has 2 N–H and O–H groups in total. The second-order valence-corrected chi connectivity index (χ2v) is 5.77. The predicted octanol–water partition coefficient (Wildman–Crippen LogP) is 2.95. The highest BCUT2D eigenvalue weighted by molar-refractivity contribution is 5.24. The molecule has 106 valence electrons. The van der Waals surface area contributed by atoms with E-state index >= 15 is 0 Å². The zero-order chi connectivity index (χ0) is 13.9. The summed E-state index contributed by atoms with van der Waals surface area (Å²) in [5.41, 5.74) is 8.63. The van der Waals surface area contributed by atoms with Crippen LogP contribution >= 0.6 is 0 Å². The first-order valence-corrected chi connectivity index (χ1v) is 7.36. The molecular weight excluding hydrogens is 250 g/mol. The highest BCUT2D eigenvalue weighted by Gasteiger charge is 2.28. The Balaban J connectivity index is 1.73. The number of nitrogens with zero attached hydrogens (tertiary/aromatic N) is 2. The number of nitrogens with two attached hydrogens (primary N) is 1. The molecule has 0 aliphatic heterocycles. The maximum absolute atomic E-state index is 6.16. The molecule has 0 unspecified atom stereocenters. The molecule has 2 atom stereocenters. The van der Waals surface area contributed by atoms with E-state index in [1.807, 2.05) is 0 Å². The van der Waals surface area contributed by atoms with E-state index < -0.39 is 0 Å². The number of aryl methyl sites for hydroxylation is 1. The molecule has 3 rings (SSSR count). The second kappa shape index (κ2) is 5.75. The van der Waals surface area contributed by atoms with Crippen molar-refractivity contribution < 1.29 is 4.52 Å². The number of rotatable bonds is 3. The minimum absolute atomic E-state index is 0.163. The van der Waals surface area contributed by atoms with E-state index in [1.54, 1.807) is 0 Å². The van der Waals surface area contributed by atoms with Gasteiger partial charge >= 0.3 is 0 Å². The standard InChI is InChI=1S/C16H21N3O/c1-11-5-4-6-12(9-11)10-15-18-16(20-19-15)13-7-2-3-8-14(13)17/h4-6,9,13-14H,2-3,7-8,10,17H2,1H3/t13-,14+/m1/s1. The molecule has 0 bridgehead atoms. The molecule has 0 amide bonds. The van der Waals surface area contributed by atoms with E-state index in [4.69, 9.17) is 10.3 Å². The van der Waals surface area contributed by atoms with Crippen LogP contribution in [0.3, 0.4) is 0 Å². The highest BCUT2D eigenvalue weighted by Crippen LogP contribution is 2.30. The molecule has 20 heavy (non-hydrogen) atoms. The molecule has 0 spiro atoms. The van der Waals surface area contributed by atoms with E-state index in [2.05, 4.69) is 41.3 Å². The summed E-state index contributed by atoms with van der Waals surface area (Å²) in [5.74, 6) is 1.71. The monoisotopic (exact) mass is 271 g/mol. The first kappa shape index (κ1) is 13.3. The highest BCUT2D eigenvalue weighted by atomic mass is 16.5. The second-order valence-electron chi connectivity index (χ2n) is 5.77. The number of hydrogen-bond acceptors (Lipinski definition) is 4. The van der Waals surface area contributed by atoms with Gasteiger partial charge in [0.1, 0.15) is 0 Å². The molecule has 1 heterocycles. The maximum atomic E-state index is 6.16. The molecule has 1 fully saturated rings. The quantitative estimate of drug-likeness (QED) is 0.932. The molecule has 1 aromatic heterocycles. The number of aromatic nitrogens is 2. The fraction of sp³-hybridized carbons (Fsp3) is 0.500. The van der Waals surface area contributed by atoms with E-state index in [-0.39, 0.29) is 12.0 Å². The zero-order valence-electron chi connectivity index (χ0n) is 11.9. The summed E-state index contributed by atoms with van der Waals surface area (Å²) in [6.45, 7) is 2.09. The van der Waals surface area contributed by atoms with Crippen LogP contribution in [-0.2, 0) is 6.42 Å². The molecule has 4 heteroatoms. The summed E-state index contributed by atoms with van der Waals surface area (Å²) in [4.78, 5) is 4.55. The molecule has 1 aliphatic rings. The van der Waals surface area contributed by atoms with Gasteiger partial charge in [-0.25, -0.2) is 0 Å². The van der Waals surface area contributed by atoms with Crippen molar-refractivity contribution in [2.75, 3.05) is 0 Å². The molecular formula is C16H21N3O. The van der Waals surface area contributed by atoms with Gasteiger partial charge in [-0.3, -0.25) is 0 Å². The summed E-state index contributed by atoms with van der Waals surface area (Å²) in [5, 5.41) is 4.11. The van der Waals surface area contributed by atoms with Gasteiger partial charge in [-0.15, -0.1) is 0 Å². The van der Waals surface area contributed by atoms with Gasteiger partial charge in [-0.05, 0) is 25.3 Å². The van der Waals surface area contributed by atoms with Gasteiger partial charge in [0.05, 0.1) is 5.92 Å². The SMILES string of the molecule is Cc1cccc(Cc2noc([C@@H]3CCCC[C@@H]3N)n2)c1. The maximum Gasteiger partial charge on any atom is 0.231 e. The van der Waals surface area contributed by atoms with Crippen LogP contribution < -0.4 is 5.73 Å². The van der Waals surface area contributed by atoms with Crippen molar-refractivity contribution in [3.8, 4) is 0 Å². The summed E-state index contributed by atoms with van der Waals surface area (Å²) >= 11 is 0. The van der Waals surface area contributed by atoms with E-state index in [0.29, 0.717) is 6.42 Å². The van der Waals surface area contributed by atoms with Crippen LogP contribution in [0.5, 0.6) is 0 Å². The van der Waals surface area contributed by atoms with Crippen LogP contribution in [-0.4, -0.2) is 16.2 Å². The Morgan fingerprint density at radius 3 is 2.95 bits per heavy atom. The van der Waals surface area contributed by atoms with Crippen molar-refractivity contribution in [2.24, 2.45) is 5.73 Å². The van der Waals surface area contributed by atoms with Crippen LogP contribution in [0.4, 0.5) is 0 Å². The van der Waals surface area contributed by atoms with Gasteiger partial charge < -0.3 is 10.3 Å². The first-order valence-electron chi connectivity index (χ1n) is 7.36. The lowest BCUT2D eigenvalue weighted by molar-refractivity contribution is 0.289. The van der Waals surface area contributed by atoms with Crippen molar-refractivity contribution in [3.63, 3.8) is 0 Å². The van der Waals surface area contributed by atoms with Gasteiger partial charge in [0.25, 0.3) is 0 Å². The number of hydrogen-bond donors (Lipinski definition) is 1. The zero-order valence-corrected chi connectivity index (χ0v) is 11.9. The Morgan fingerprint density at radius 2 is 2.15 bits per heavy atom. The molecule has 4 nitrogen and oxygen atoms in total. The Labute approximate surface area is 119 Å². The summed E-state index contributed by atoms with van der Waals surface area (Å²) in [6, 6.07) is 8.56. The van der Waals surface area contributed by atoms with Crippen LogP contribution in [0.15, 0.2) is 28.8 Å². The summed E-state index contributed by atoms with van der Waals surface area (Å²) in [6.07, 6.45) is 5.25. The van der Waals surface area contributed by atoms with Crippen molar-refractivity contribution in [2.45, 2.75) is 51.0 Å². The lowest BCUT2D eigenvalue weighted by Crippen LogP contribution is -2.31. The minimum Gasteiger partial charge on any atom is -0.339 e. The van der Waals surface area contributed by atoms with Crippen molar-refractivity contribution >= 4 is 0 Å². The van der Waals surface area contributed by atoms with Gasteiger partial charge in [0, 0.05) is 12.5 Å². The first-order chi connectivity index (χ1) is 9.72. The van der Waals surface area contributed by atoms with Crippen molar-refractivity contribution in [1.29, 1.82) is 0 Å². The van der Waals surface area contributed by atoms with Crippen LogP contribution in [0.2, 0.25) is 0 Å². The topological polar surface area (TPSA) is 64.9 Å². The van der Waals surface area contributed by atoms with E-state index in [9.17, 15) is 0 Å². The summed E-state index contributed by atoms with van der Waals surface area (Å²) < 4.78 is 5.44. The van der Waals surface area contributed by atoms with Crippen LogP contribution in [0.1, 0.15) is 54.4 Å². The third-order valence-corrected chi connectivity index (χ3v) is 4.07. The summed E-state index contributed by atoms with van der Waals surface area (Å²) in [7, 11) is 0. The van der Waals surface area contributed by atoms with Gasteiger partial charge in [-0.2, -0.15) is 4.98 Å². The number of benzene rings is 1. The van der Waals surface area contributed by atoms with Gasteiger partial charge in [-0.1, -0.05) is 47.8 Å². The van der Waals surface area contributed by atoms with Crippen LogP contribution in [0.25, 0.3) is 0 Å². The Morgan fingerprint density at radius 1 is 1.30 bits per heavy atom. The average molecular weight is 271 g/mol. The molecule has 1 saturated carbocycles. The Bertz CT molecular complexity index is 579. The van der Waals surface area contributed by atoms with Crippen molar-refractivity contribution in [1.82, 2.24) is 10.1 Å². The minimum atomic E-state index is 0.163. The van der Waals surface area contributed by atoms with Gasteiger partial charge in [0.15, 0.2) is 5.82 Å². The molecule has 1 aliphatic carbocycles. The lowest BCUT2D eigenvalue weighted by atomic mass is 9.85.